The summed E-state index contributed by atoms with van der Waals surface area (Å²) < 4.78 is 6.28. The number of isocyanates is 1. The summed E-state index contributed by atoms with van der Waals surface area (Å²) in [7, 11) is 0. The predicted molar refractivity (Wildman–Crippen MR) is 150 cm³/mol. The Balaban J connectivity index is 1.59. The quantitative estimate of drug-likeness (QED) is 0.302. The van der Waals surface area contributed by atoms with E-state index in [1.165, 1.54) is 5.57 Å². The fraction of sp³-hybridized carbons (Fsp3) is 0.848. The summed E-state index contributed by atoms with van der Waals surface area (Å²) >= 11 is 0. The lowest BCUT2D eigenvalue weighted by molar-refractivity contribution is -0.193. The van der Waals surface area contributed by atoms with Crippen LogP contribution >= 0.6 is 0 Å². The van der Waals surface area contributed by atoms with Crippen LogP contribution in [0.1, 0.15) is 113 Å². The first-order chi connectivity index (χ1) is 18.2. The number of hydrogen-bond acceptors (Lipinski definition) is 5. The molecule has 1 N–H and O–H groups in total. The van der Waals surface area contributed by atoms with Crippen LogP contribution in [0, 0.1) is 44.8 Å². The predicted octanol–water partition coefficient (Wildman–Crippen LogP) is 6.92. The number of fused-ring (bicyclic) bond motifs is 7. The fourth-order valence-electron chi connectivity index (χ4n) is 10.8. The van der Waals surface area contributed by atoms with Gasteiger partial charge in [-0.3, -0.25) is 9.59 Å². The number of nitrogens with zero attached hydrogens (tertiary/aromatic N) is 1. The van der Waals surface area contributed by atoms with Gasteiger partial charge in [0.2, 0.25) is 6.08 Å². The molecule has 0 radical (unpaired) electrons. The van der Waals surface area contributed by atoms with Crippen LogP contribution in [0.5, 0.6) is 0 Å². The van der Waals surface area contributed by atoms with Crippen molar-refractivity contribution in [3.8, 4) is 0 Å². The number of rotatable bonds is 5. The topological polar surface area (TPSA) is 93.0 Å². The molecule has 6 heteroatoms. The molecule has 216 valence electrons. The zero-order valence-electron chi connectivity index (χ0n) is 25.2. The summed E-state index contributed by atoms with van der Waals surface area (Å²) in [5, 5.41) is 10.1. The first-order valence-corrected chi connectivity index (χ1v) is 15.4. The van der Waals surface area contributed by atoms with Crippen molar-refractivity contribution in [1.29, 1.82) is 0 Å². The van der Waals surface area contributed by atoms with E-state index >= 15 is 0 Å². The highest BCUT2D eigenvalue weighted by Gasteiger charge is 2.71. The SMILES string of the molecule is CCCO[C@H]1CC[C@@]2(C)[C@@H](CC[C@]3(C)[C@@H]2C(=O)C=C2[C@@H]4C[C@@](C)(C(=O)O)CC[C@]4(C)CC[C@]23C)[C@]1(C)N=C=O. The monoisotopic (exact) mass is 539 g/mol. The molecule has 5 aliphatic carbocycles. The number of allylic oxidation sites excluding steroid dienone is 2. The first kappa shape index (κ1) is 28.7. The van der Waals surface area contributed by atoms with E-state index in [9.17, 15) is 19.5 Å². The molecule has 0 aromatic carbocycles. The van der Waals surface area contributed by atoms with Crippen molar-refractivity contribution in [2.75, 3.05) is 6.61 Å². The second kappa shape index (κ2) is 9.11. The number of carboxylic acid groups (broad SMARTS) is 1. The van der Waals surface area contributed by atoms with E-state index in [1.807, 2.05) is 19.1 Å². The molecule has 0 aromatic rings. The van der Waals surface area contributed by atoms with Crippen molar-refractivity contribution in [3.05, 3.63) is 11.6 Å². The van der Waals surface area contributed by atoms with Gasteiger partial charge in [-0.05, 0) is 118 Å². The molecule has 39 heavy (non-hydrogen) atoms. The highest BCUT2D eigenvalue weighted by molar-refractivity contribution is 5.95. The minimum atomic E-state index is -0.751. The Kier molecular flexibility index (Phi) is 6.71. The summed E-state index contributed by atoms with van der Waals surface area (Å²) in [5.41, 5.74) is -0.896. The number of carbonyl (C=O) groups excluding carboxylic acids is 2. The maximum absolute atomic E-state index is 14.5. The Morgan fingerprint density at radius 1 is 1.05 bits per heavy atom. The third-order valence-electron chi connectivity index (χ3n) is 13.5. The lowest BCUT2D eigenvalue weighted by atomic mass is 9.34. The lowest BCUT2D eigenvalue weighted by Gasteiger charge is -2.70. The molecule has 0 amide bonds. The van der Waals surface area contributed by atoms with Crippen molar-refractivity contribution in [3.63, 3.8) is 0 Å². The molecule has 0 bridgehead atoms. The number of carbonyl (C=O) groups is 2. The molecule has 0 unspecified atom stereocenters. The van der Waals surface area contributed by atoms with Gasteiger partial charge in [-0.1, -0.05) is 40.2 Å². The summed E-state index contributed by atoms with van der Waals surface area (Å²) in [5.74, 6) is -0.504. The van der Waals surface area contributed by atoms with Crippen LogP contribution in [0.4, 0.5) is 0 Å². The largest absolute Gasteiger partial charge is 0.481 e. The molecule has 0 aliphatic heterocycles. The van der Waals surface area contributed by atoms with Crippen molar-refractivity contribution in [1.82, 2.24) is 0 Å². The van der Waals surface area contributed by atoms with Gasteiger partial charge >= 0.3 is 5.97 Å². The Labute approximate surface area is 234 Å². The smallest absolute Gasteiger partial charge is 0.309 e. The molecule has 4 fully saturated rings. The minimum absolute atomic E-state index is 0.0385. The van der Waals surface area contributed by atoms with Gasteiger partial charge < -0.3 is 9.84 Å². The highest BCUT2D eigenvalue weighted by atomic mass is 16.5. The molecule has 10 atom stereocenters. The number of aliphatic imine (C=N–C) groups is 1. The van der Waals surface area contributed by atoms with Gasteiger partial charge in [-0.15, -0.1) is 0 Å². The zero-order chi connectivity index (χ0) is 28.6. The molecule has 5 aliphatic rings. The molecule has 5 rings (SSSR count). The molecule has 4 saturated carbocycles. The number of aliphatic carboxylic acids is 1. The second-order valence-corrected chi connectivity index (χ2v) is 15.4. The van der Waals surface area contributed by atoms with Crippen molar-refractivity contribution in [2.24, 2.45) is 49.8 Å². The average molecular weight is 540 g/mol. The highest BCUT2D eigenvalue weighted by Crippen LogP contribution is 2.74. The van der Waals surface area contributed by atoms with Gasteiger partial charge in [-0.2, -0.15) is 4.99 Å². The Hall–Kier alpha value is -1.78. The average Bonchev–Trinajstić information content (AvgIpc) is 2.86. The van der Waals surface area contributed by atoms with Crippen LogP contribution in [0.2, 0.25) is 0 Å². The Morgan fingerprint density at radius 3 is 2.38 bits per heavy atom. The van der Waals surface area contributed by atoms with E-state index in [0.29, 0.717) is 19.4 Å². The maximum Gasteiger partial charge on any atom is 0.309 e. The van der Waals surface area contributed by atoms with Gasteiger partial charge in [0, 0.05) is 12.5 Å². The van der Waals surface area contributed by atoms with Crippen LogP contribution in [0.15, 0.2) is 16.6 Å². The summed E-state index contributed by atoms with van der Waals surface area (Å²) in [6.07, 6.45) is 12.4. The van der Waals surface area contributed by atoms with E-state index in [1.54, 1.807) is 0 Å². The third-order valence-corrected chi connectivity index (χ3v) is 13.5. The van der Waals surface area contributed by atoms with Crippen LogP contribution in [-0.4, -0.2) is 41.2 Å². The second-order valence-electron chi connectivity index (χ2n) is 15.4. The first-order valence-electron chi connectivity index (χ1n) is 15.4. The normalized spacial score (nSPS) is 50.8. The Morgan fingerprint density at radius 2 is 1.74 bits per heavy atom. The fourth-order valence-corrected chi connectivity index (χ4v) is 10.8. The van der Waals surface area contributed by atoms with E-state index < -0.39 is 16.9 Å². The minimum Gasteiger partial charge on any atom is -0.481 e. The van der Waals surface area contributed by atoms with Crippen LogP contribution < -0.4 is 0 Å². The third kappa shape index (κ3) is 3.76. The number of hydrogen-bond donors (Lipinski definition) is 1. The van der Waals surface area contributed by atoms with E-state index in [4.69, 9.17) is 4.74 Å². The molecule has 0 heterocycles. The van der Waals surface area contributed by atoms with Gasteiger partial charge in [0.1, 0.15) is 0 Å². The van der Waals surface area contributed by atoms with Gasteiger partial charge in [0.05, 0.1) is 17.1 Å². The van der Waals surface area contributed by atoms with Crippen molar-refractivity contribution >= 4 is 17.8 Å². The Bertz CT molecular complexity index is 1140. The van der Waals surface area contributed by atoms with Gasteiger partial charge in [0.25, 0.3) is 0 Å². The molecule has 0 spiro atoms. The number of ether oxygens (including phenoxy) is 1. The molecular formula is C33H49NO5. The molecule has 6 nitrogen and oxygen atoms in total. The van der Waals surface area contributed by atoms with Crippen molar-refractivity contribution in [2.45, 2.75) is 124 Å². The van der Waals surface area contributed by atoms with E-state index in [0.717, 1.165) is 51.4 Å². The lowest BCUT2D eigenvalue weighted by Crippen LogP contribution is -2.68. The standard InChI is InChI=1S/C33H49NO5/c1-8-17-39-25-10-11-30(4)24(33(25,7)34-20-35)9-12-32(6)26(30)23(36)18-21-22-19-29(3,27(37)38)14-13-28(22,2)15-16-31(21,32)5/h18,22,24-26H,8-17,19H2,1-7H3,(H,37,38)/t22-,24+,25-,26+,28+,29-,30-,31+,32+,33-/m0/s1. The van der Waals surface area contributed by atoms with Crippen LogP contribution in [-0.2, 0) is 19.1 Å². The maximum atomic E-state index is 14.5. The van der Waals surface area contributed by atoms with Gasteiger partial charge in [-0.25, -0.2) is 4.79 Å². The summed E-state index contributed by atoms with van der Waals surface area (Å²) in [4.78, 5) is 42.9. The van der Waals surface area contributed by atoms with Crippen molar-refractivity contribution < 1.29 is 24.2 Å². The molecular weight excluding hydrogens is 490 g/mol. The van der Waals surface area contributed by atoms with E-state index in [-0.39, 0.29) is 51.3 Å². The molecule has 0 saturated heterocycles. The number of carboxylic acids is 1. The molecule has 0 aromatic heterocycles. The van der Waals surface area contributed by atoms with Crippen LogP contribution in [0.25, 0.3) is 0 Å². The zero-order valence-corrected chi connectivity index (χ0v) is 25.2. The number of ketones is 1. The summed E-state index contributed by atoms with van der Waals surface area (Å²) in [6, 6.07) is 0. The van der Waals surface area contributed by atoms with Gasteiger partial charge in [0.15, 0.2) is 5.78 Å². The van der Waals surface area contributed by atoms with E-state index in [2.05, 4.69) is 46.5 Å². The van der Waals surface area contributed by atoms with Crippen LogP contribution in [0.3, 0.4) is 0 Å². The summed E-state index contributed by atoms with van der Waals surface area (Å²) in [6.45, 7) is 16.0.